The number of H-pyrrole nitrogens is 1. The van der Waals surface area contributed by atoms with Crippen molar-refractivity contribution in [1.29, 1.82) is 0 Å². The van der Waals surface area contributed by atoms with Gasteiger partial charge < -0.3 is 19.8 Å². The monoisotopic (exact) mass is 375 g/mol. The molecule has 0 aliphatic rings. The summed E-state index contributed by atoms with van der Waals surface area (Å²) < 4.78 is 10.1. The largest absolute Gasteiger partial charge is 0.494 e. The molecular formula is C17H17N3O7. The van der Waals surface area contributed by atoms with Crippen LogP contribution in [0.25, 0.3) is 0 Å². The first-order valence-corrected chi connectivity index (χ1v) is 7.76. The van der Waals surface area contributed by atoms with Gasteiger partial charge in [0.2, 0.25) is 0 Å². The number of amides is 1. The van der Waals surface area contributed by atoms with Crippen LogP contribution in [0.15, 0.2) is 30.5 Å². The van der Waals surface area contributed by atoms with Gasteiger partial charge in [0, 0.05) is 17.8 Å². The van der Waals surface area contributed by atoms with Crippen LogP contribution in [0.1, 0.15) is 34.7 Å². The number of hydrogen-bond acceptors (Lipinski definition) is 7. The fourth-order valence-corrected chi connectivity index (χ4v) is 2.12. The molecule has 1 amide bonds. The number of nitrogens with zero attached hydrogens (tertiary/aromatic N) is 1. The second kappa shape index (κ2) is 8.13. The summed E-state index contributed by atoms with van der Waals surface area (Å²) in [4.78, 5) is 48.3. The summed E-state index contributed by atoms with van der Waals surface area (Å²) in [5, 5.41) is 13.3. The smallest absolute Gasteiger partial charge is 0.355 e. The second-order valence-corrected chi connectivity index (χ2v) is 5.54. The Bertz CT molecular complexity index is 904. The first-order chi connectivity index (χ1) is 12.7. The average Bonchev–Trinajstić information content (AvgIpc) is 3.12. The second-order valence-electron chi connectivity index (χ2n) is 5.54. The number of carbonyl (C=O) groups is 3. The number of aromatic nitrogens is 1. The van der Waals surface area contributed by atoms with Gasteiger partial charge in [0.25, 0.3) is 11.6 Å². The summed E-state index contributed by atoms with van der Waals surface area (Å²) in [5.74, 6) is -1.59. The number of esters is 1. The third kappa shape index (κ3) is 4.69. The van der Waals surface area contributed by atoms with Crippen LogP contribution < -0.4 is 10.1 Å². The normalized spacial score (nSPS) is 11.4. The SMILES string of the molecule is COc1cc([N+](=O)[O-])ccc1NC(=O)[C@H](C)OC(=O)c1cc(C(C)=O)c[nH]1. The van der Waals surface area contributed by atoms with E-state index in [0.717, 1.165) is 6.07 Å². The summed E-state index contributed by atoms with van der Waals surface area (Å²) in [7, 11) is 1.30. The van der Waals surface area contributed by atoms with E-state index in [2.05, 4.69) is 10.3 Å². The van der Waals surface area contributed by atoms with Gasteiger partial charge in [-0.05, 0) is 26.0 Å². The molecule has 0 spiro atoms. The number of nitro groups is 1. The summed E-state index contributed by atoms with van der Waals surface area (Å²) >= 11 is 0. The van der Waals surface area contributed by atoms with Crippen molar-refractivity contribution in [2.24, 2.45) is 0 Å². The molecule has 0 unspecified atom stereocenters. The third-order valence-corrected chi connectivity index (χ3v) is 3.62. The van der Waals surface area contributed by atoms with Gasteiger partial charge in [-0.25, -0.2) is 4.79 Å². The Morgan fingerprint density at radius 1 is 1.26 bits per heavy atom. The van der Waals surface area contributed by atoms with E-state index in [4.69, 9.17) is 9.47 Å². The van der Waals surface area contributed by atoms with Crippen LogP contribution in [0.2, 0.25) is 0 Å². The first-order valence-electron chi connectivity index (χ1n) is 7.76. The Labute approximate surface area is 153 Å². The molecule has 0 radical (unpaired) electrons. The van der Waals surface area contributed by atoms with Gasteiger partial charge in [-0.2, -0.15) is 0 Å². The number of nitrogens with one attached hydrogen (secondary N) is 2. The van der Waals surface area contributed by atoms with E-state index >= 15 is 0 Å². The lowest BCUT2D eigenvalue weighted by atomic mass is 10.2. The maximum absolute atomic E-state index is 12.2. The number of ether oxygens (including phenoxy) is 2. The lowest BCUT2D eigenvalue weighted by Crippen LogP contribution is -2.30. The van der Waals surface area contributed by atoms with Crippen LogP contribution in [-0.4, -0.2) is 40.8 Å². The van der Waals surface area contributed by atoms with E-state index < -0.39 is 22.9 Å². The highest BCUT2D eigenvalue weighted by atomic mass is 16.6. The van der Waals surface area contributed by atoms with E-state index in [1.807, 2.05) is 0 Å². The first kappa shape index (κ1) is 19.6. The van der Waals surface area contributed by atoms with Gasteiger partial charge in [0.05, 0.1) is 23.8 Å². The highest BCUT2D eigenvalue weighted by Gasteiger charge is 2.22. The number of nitro benzene ring substituents is 1. The summed E-state index contributed by atoms with van der Waals surface area (Å²) in [6, 6.07) is 5.01. The van der Waals surface area contributed by atoms with Crippen molar-refractivity contribution >= 4 is 29.0 Å². The summed E-state index contributed by atoms with van der Waals surface area (Å²) in [6.07, 6.45) is 0.201. The highest BCUT2D eigenvalue weighted by Crippen LogP contribution is 2.29. The molecule has 2 N–H and O–H groups in total. The maximum atomic E-state index is 12.2. The molecule has 0 saturated carbocycles. The Morgan fingerprint density at radius 2 is 1.96 bits per heavy atom. The predicted molar refractivity (Wildman–Crippen MR) is 94.0 cm³/mol. The minimum Gasteiger partial charge on any atom is -0.494 e. The van der Waals surface area contributed by atoms with Crippen LogP contribution in [0.3, 0.4) is 0 Å². The van der Waals surface area contributed by atoms with Crippen molar-refractivity contribution in [3.8, 4) is 5.75 Å². The van der Waals surface area contributed by atoms with Crippen LogP contribution in [0, 0.1) is 10.1 Å². The van der Waals surface area contributed by atoms with Crippen LogP contribution >= 0.6 is 0 Å². The maximum Gasteiger partial charge on any atom is 0.355 e. The topological polar surface area (TPSA) is 141 Å². The average molecular weight is 375 g/mol. The number of benzene rings is 1. The van der Waals surface area contributed by atoms with Crippen LogP contribution in [0.5, 0.6) is 5.75 Å². The molecule has 2 rings (SSSR count). The molecule has 10 heteroatoms. The molecule has 1 heterocycles. The molecule has 0 aliphatic heterocycles. The van der Waals surface area contributed by atoms with Gasteiger partial charge in [-0.1, -0.05) is 0 Å². The minimum absolute atomic E-state index is 0.0350. The number of carbonyl (C=O) groups excluding carboxylic acids is 3. The molecule has 0 fully saturated rings. The Balaban J connectivity index is 2.05. The number of aromatic amines is 1. The minimum atomic E-state index is -1.17. The Kier molecular flexibility index (Phi) is 5.91. The van der Waals surface area contributed by atoms with E-state index in [1.54, 1.807) is 0 Å². The Morgan fingerprint density at radius 3 is 2.52 bits per heavy atom. The molecule has 10 nitrogen and oxygen atoms in total. The van der Waals surface area contributed by atoms with Crippen molar-refractivity contribution < 1.29 is 28.8 Å². The molecule has 142 valence electrons. The van der Waals surface area contributed by atoms with E-state index in [0.29, 0.717) is 5.56 Å². The van der Waals surface area contributed by atoms with Crippen molar-refractivity contribution in [3.63, 3.8) is 0 Å². The zero-order chi connectivity index (χ0) is 20.1. The lowest BCUT2D eigenvalue weighted by Gasteiger charge is -2.14. The van der Waals surface area contributed by atoms with Gasteiger partial charge in [0.15, 0.2) is 11.9 Å². The van der Waals surface area contributed by atoms with Crippen LogP contribution in [0.4, 0.5) is 11.4 Å². The number of anilines is 1. The quantitative estimate of drug-likeness (QED) is 0.327. The zero-order valence-corrected chi connectivity index (χ0v) is 14.8. The number of Topliss-reactive ketones (excluding diaryl/α,β-unsaturated/α-hetero) is 1. The number of rotatable bonds is 7. The fraction of sp³-hybridized carbons (Fsp3) is 0.235. The molecular weight excluding hydrogens is 358 g/mol. The van der Waals surface area contributed by atoms with E-state index in [9.17, 15) is 24.5 Å². The van der Waals surface area contributed by atoms with Gasteiger partial charge in [-0.3, -0.25) is 19.7 Å². The zero-order valence-electron chi connectivity index (χ0n) is 14.8. The van der Waals surface area contributed by atoms with Gasteiger partial charge in [0.1, 0.15) is 11.4 Å². The molecule has 1 aromatic heterocycles. The van der Waals surface area contributed by atoms with Crippen molar-refractivity contribution in [2.45, 2.75) is 20.0 Å². The molecule has 1 aromatic carbocycles. The van der Waals surface area contributed by atoms with Crippen molar-refractivity contribution in [3.05, 3.63) is 51.8 Å². The standard InChI is InChI=1S/C17H17N3O7/c1-9(21)11-6-14(18-8-11)17(23)27-10(2)16(22)19-13-5-4-12(20(24)25)7-15(13)26-3/h4-8,10,18H,1-3H3,(H,19,22)/t10-/m0/s1. The van der Waals surface area contributed by atoms with Crippen molar-refractivity contribution in [2.75, 3.05) is 12.4 Å². The third-order valence-electron chi connectivity index (χ3n) is 3.62. The fourth-order valence-electron chi connectivity index (χ4n) is 2.12. The van der Waals surface area contributed by atoms with Crippen molar-refractivity contribution in [1.82, 2.24) is 4.98 Å². The predicted octanol–water partition coefficient (Wildman–Crippen LogP) is 2.32. The Hall–Kier alpha value is -3.69. The molecule has 27 heavy (non-hydrogen) atoms. The van der Waals surface area contributed by atoms with Gasteiger partial charge in [-0.15, -0.1) is 0 Å². The molecule has 2 aromatic rings. The summed E-state index contributed by atoms with van der Waals surface area (Å²) in [5.41, 5.74) is 0.342. The van der Waals surface area contributed by atoms with E-state index in [1.165, 1.54) is 45.4 Å². The van der Waals surface area contributed by atoms with Crippen LogP contribution in [-0.2, 0) is 9.53 Å². The number of non-ortho nitro benzene ring substituents is 1. The number of methoxy groups -OCH3 is 1. The highest BCUT2D eigenvalue weighted by molar-refractivity contribution is 5.99. The number of ketones is 1. The summed E-state index contributed by atoms with van der Waals surface area (Å²) in [6.45, 7) is 2.71. The molecule has 0 aliphatic carbocycles. The van der Waals surface area contributed by atoms with Gasteiger partial charge >= 0.3 is 5.97 Å². The molecule has 1 atom stereocenters. The molecule has 0 saturated heterocycles. The lowest BCUT2D eigenvalue weighted by molar-refractivity contribution is -0.384. The number of hydrogen-bond donors (Lipinski definition) is 2. The molecule has 0 bridgehead atoms. The van der Waals surface area contributed by atoms with E-state index in [-0.39, 0.29) is 28.6 Å².